The van der Waals surface area contributed by atoms with Crippen molar-refractivity contribution >= 4 is 17.2 Å². The Morgan fingerprint density at radius 1 is 0.771 bits per heavy atom. The van der Waals surface area contributed by atoms with Gasteiger partial charge in [0.05, 0.1) is 12.2 Å². The number of aryl methyl sites for hydroxylation is 2. The smallest absolute Gasteiger partial charge is 0.0936 e. The van der Waals surface area contributed by atoms with Gasteiger partial charge >= 0.3 is 0 Å². The van der Waals surface area contributed by atoms with Crippen LogP contribution in [0.25, 0.3) is 28.3 Å². The van der Waals surface area contributed by atoms with Crippen molar-refractivity contribution in [2.24, 2.45) is 23.7 Å². The fourth-order valence-corrected chi connectivity index (χ4v) is 9.72. The van der Waals surface area contributed by atoms with Gasteiger partial charge in [-0.15, -0.1) is 0 Å². The standard InChI is InChI=1S/C47H42O/c1-28(2)37-25-43(47-44(26-37)42-13-7-12-41-39-11-6-4-9-34(39)27-45(48-47)46(41)42)36-19-17-31-22-30(15-16-32(31)24-36)33-20-21-40-35(23-33)18-14-29-8-3-5-10-38(29)40/h3-13,17,19-23,25-28,32,44-47H,14-16,18,24H2,1-2H3. The summed E-state index contributed by atoms with van der Waals surface area (Å²) in [6.45, 7) is 4.68. The van der Waals surface area contributed by atoms with Gasteiger partial charge in [0, 0.05) is 11.8 Å². The molecule has 1 heterocycles. The molecule has 0 amide bonds. The zero-order valence-electron chi connectivity index (χ0n) is 28.0. The number of ether oxygens (including phenoxy) is 1. The molecule has 0 spiro atoms. The fraction of sp³-hybridized carbons (Fsp3) is 0.277. The lowest BCUT2D eigenvalue weighted by atomic mass is 9.65. The van der Waals surface area contributed by atoms with Gasteiger partial charge in [0.2, 0.25) is 0 Å². The van der Waals surface area contributed by atoms with E-state index in [2.05, 4.69) is 135 Å². The number of hydrogen-bond acceptors (Lipinski definition) is 1. The van der Waals surface area contributed by atoms with Gasteiger partial charge in [0.25, 0.3) is 0 Å². The molecule has 10 rings (SSSR count). The minimum absolute atomic E-state index is 0.0470. The Balaban J connectivity index is 0.991. The highest BCUT2D eigenvalue weighted by Crippen LogP contribution is 2.51. The molecule has 5 unspecified atom stereocenters. The molecular weight excluding hydrogens is 581 g/mol. The Kier molecular flexibility index (Phi) is 6.57. The first-order valence-electron chi connectivity index (χ1n) is 18.2. The van der Waals surface area contributed by atoms with Crippen molar-refractivity contribution in [1.29, 1.82) is 0 Å². The summed E-state index contributed by atoms with van der Waals surface area (Å²) in [4.78, 5) is 0. The summed E-state index contributed by atoms with van der Waals surface area (Å²) in [7, 11) is 0. The van der Waals surface area contributed by atoms with E-state index in [0.29, 0.717) is 17.8 Å². The molecule has 5 atom stereocenters. The average molecular weight is 623 g/mol. The summed E-state index contributed by atoms with van der Waals surface area (Å²) in [5.41, 5.74) is 17.5. The number of allylic oxidation sites excluding steroid dienone is 10. The van der Waals surface area contributed by atoms with E-state index in [9.17, 15) is 0 Å². The van der Waals surface area contributed by atoms with Gasteiger partial charge in [-0.25, -0.2) is 0 Å². The van der Waals surface area contributed by atoms with Crippen molar-refractivity contribution in [2.45, 2.75) is 58.2 Å². The van der Waals surface area contributed by atoms with Crippen LogP contribution in [0.3, 0.4) is 0 Å². The maximum Gasteiger partial charge on any atom is 0.0936 e. The van der Waals surface area contributed by atoms with Crippen LogP contribution < -0.4 is 10.4 Å². The number of benzene rings is 3. The Morgan fingerprint density at radius 3 is 2.56 bits per heavy atom. The number of rotatable bonds is 3. The lowest BCUT2D eigenvalue weighted by Gasteiger charge is -2.47. The van der Waals surface area contributed by atoms with E-state index in [0.717, 1.165) is 25.7 Å². The third kappa shape index (κ3) is 4.47. The van der Waals surface area contributed by atoms with Crippen LogP contribution in [-0.4, -0.2) is 12.2 Å². The van der Waals surface area contributed by atoms with E-state index in [-0.39, 0.29) is 18.1 Å². The molecule has 0 radical (unpaired) electrons. The molecule has 1 nitrogen and oxygen atoms in total. The van der Waals surface area contributed by atoms with E-state index >= 15 is 0 Å². The molecule has 1 aliphatic heterocycles. The largest absolute Gasteiger partial charge is 0.364 e. The normalized spacial score (nSPS) is 27.6. The topological polar surface area (TPSA) is 9.23 Å². The summed E-state index contributed by atoms with van der Waals surface area (Å²) in [6.07, 6.45) is 27.6. The number of fused-ring (bicyclic) bond motifs is 7. The fourth-order valence-electron chi connectivity index (χ4n) is 9.72. The average Bonchev–Trinajstić information content (AvgIpc) is 3.14. The molecule has 6 aliphatic carbocycles. The lowest BCUT2D eigenvalue weighted by Crippen LogP contribution is -2.49. The summed E-state index contributed by atoms with van der Waals surface area (Å²) in [6, 6.07) is 25.0. The summed E-state index contributed by atoms with van der Waals surface area (Å²) < 4.78 is 7.22. The van der Waals surface area contributed by atoms with Gasteiger partial charge in [0.15, 0.2) is 0 Å². The molecule has 1 heteroatoms. The van der Waals surface area contributed by atoms with E-state index < -0.39 is 0 Å². The van der Waals surface area contributed by atoms with E-state index in [4.69, 9.17) is 4.74 Å². The summed E-state index contributed by atoms with van der Waals surface area (Å²) in [5.74, 6) is 1.60. The van der Waals surface area contributed by atoms with Gasteiger partial charge < -0.3 is 4.74 Å². The molecule has 1 fully saturated rings. The first kappa shape index (κ1) is 28.5. The van der Waals surface area contributed by atoms with Gasteiger partial charge in [-0.1, -0.05) is 129 Å². The number of hydrogen-bond donors (Lipinski definition) is 0. The predicted octanol–water partition coefficient (Wildman–Crippen LogP) is 9.17. The second-order valence-corrected chi connectivity index (χ2v) is 15.2. The van der Waals surface area contributed by atoms with Crippen LogP contribution in [0.5, 0.6) is 0 Å². The predicted molar refractivity (Wildman–Crippen MR) is 198 cm³/mol. The highest BCUT2D eigenvalue weighted by atomic mass is 16.5. The van der Waals surface area contributed by atoms with E-state index in [1.807, 2.05) is 0 Å². The van der Waals surface area contributed by atoms with Crippen molar-refractivity contribution in [3.63, 3.8) is 0 Å². The monoisotopic (exact) mass is 622 g/mol. The second-order valence-electron chi connectivity index (χ2n) is 15.2. The maximum atomic E-state index is 7.22. The lowest BCUT2D eigenvalue weighted by molar-refractivity contribution is -0.0143. The molecule has 0 bridgehead atoms. The molecule has 3 aromatic carbocycles. The third-order valence-electron chi connectivity index (χ3n) is 12.2. The minimum Gasteiger partial charge on any atom is -0.364 e. The summed E-state index contributed by atoms with van der Waals surface area (Å²) in [5, 5.41) is 2.66. The quantitative estimate of drug-likeness (QED) is 0.283. The van der Waals surface area contributed by atoms with Crippen LogP contribution in [0.1, 0.15) is 49.8 Å². The van der Waals surface area contributed by atoms with Crippen LogP contribution >= 0.6 is 0 Å². The van der Waals surface area contributed by atoms with E-state index in [1.54, 1.807) is 0 Å². The molecule has 0 aromatic heterocycles. The highest BCUT2D eigenvalue weighted by molar-refractivity contribution is 5.78. The Morgan fingerprint density at radius 2 is 1.62 bits per heavy atom. The van der Waals surface area contributed by atoms with Crippen LogP contribution in [0.4, 0.5) is 0 Å². The Bertz CT molecular complexity index is 2240. The van der Waals surface area contributed by atoms with Crippen molar-refractivity contribution in [3.05, 3.63) is 170 Å². The van der Waals surface area contributed by atoms with Gasteiger partial charge in [-0.2, -0.15) is 0 Å². The van der Waals surface area contributed by atoms with Crippen LogP contribution in [0, 0.1) is 23.7 Å². The molecule has 3 aromatic rings. The van der Waals surface area contributed by atoms with Gasteiger partial charge in [0.1, 0.15) is 0 Å². The first-order chi connectivity index (χ1) is 23.6. The van der Waals surface area contributed by atoms with Gasteiger partial charge in [-0.05, 0) is 127 Å². The maximum absolute atomic E-state index is 7.22. The van der Waals surface area contributed by atoms with E-state index in [1.165, 1.54) is 83.7 Å². The molecule has 236 valence electrons. The van der Waals surface area contributed by atoms with Crippen LogP contribution in [-0.2, 0) is 17.6 Å². The first-order valence-corrected chi connectivity index (χ1v) is 18.2. The molecule has 7 aliphatic rings. The Hall–Kier alpha value is -4.46. The van der Waals surface area contributed by atoms with Crippen molar-refractivity contribution in [3.8, 4) is 11.1 Å². The van der Waals surface area contributed by atoms with Gasteiger partial charge in [-0.3, -0.25) is 0 Å². The summed E-state index contributed by atoms with van der Waals surface area (Å²) >= 11 is 0. The van der Waals surface area contributed by atoms with Crippen molar-refractivity contribution in [1.82, 2.24) is 0 Å². The minimum atomic E-state index is 0.0470. The third-order valence-corrected chi connectivity index (χ3v) is 12.2. The molecule has 0 saturated carbocycles. The molecule has 1 saturated heterocycles. The second kappa shape index (κ2) is 11.0. The molecule has 48 heavy (non-hydrogen) atoms. The zero-order chi connectivity index (χ0) is 31.9. The molecule has 0 N–H and O–H groups in total. The highest BCUT2D eigenvalue weighted by Gasteiger charge is 2.46. The SMILES string of the molecule is CC(C)C1=CC2C3=CC=CC4=c5ccccc5=CC(OC2C(C2=CC=C5C=C(c6ccc7c(c6)CCc6ccccc6-7)CCC5C2)=C1)C34. The zero-order valence-corrected chi connectivity index (χ0v) is 28.0. The van der Waals surface area contributed by atoms with Crippen molar-refractivity contribution in [2.75, 3.05) is 0 Å². The Labute approximate surface area is 284 Å². The van der Waals surface area contributed by atoms with Crippen molar-refractivity contribution < 1.29 is 4.74 Å². The van der Waals surface area contributed by atoms with Crippen LogP contribution in [0.15, 0.2) is 143 Å². The van der Waals surface area contributed by atoms with Crippen LogP contribution in [0.2, 0.25) is 0 Å². The molecular formula is C47H42O.